The maximum atomic E-state index is 13.3. The number of aryl methyl sites for hydroxylation is 4. The highest BCUT2D eigenvalue weighted by atomic mass is 79.9. The maximum absolute atomic E-state index is 13.3. The number of nitrogens with zero attached hydrogens (tertiary/aromatic N) is 3. The highest BCUT2D eigenvalue weighted by Crippen LogP contribution is 2.38. The van der Waals surface area contributed by atoms with E-state index >= 15 is 0 Å². The fourth-order valence-electron chi connectivity index (χ4n) is 5.04. The number of H-pyrrole nitrogens is 1. The molecule has 1 aromatic heterocycles. The Bertz CT molecular complexity index is 1810. The van der Waals surface area contributed by atoms with Crippen LogP contribution in [0.25, 0.3) is 16.5 Å². The van der Waals surface area contributed by atoms with Crippen molar-refractivity contribution in [3.8, 4) is 11.6 Å². The summed E-state index contributed by atoms with van der Waals surface area (Å²) in [5.41, 5.74) is 2.86. The smallest absolute Gasteiger partial charge is 0.335 e. The van der Waals surface area contributed by atoms with Gasteiger partial charge in [0.25, 0.3) is 17.4 Å². The molecule has 2 amide bonds. The minimum atomic E-state index is -0.915. The number of hydrazone groups is 1. The van der Waals surface area contributed by atoms with E-state index < -0.39 is 28.9 Å². The molecule has 2 aliphatic rings. The third kappa shape index (κ3) is 3.32. The van der Waals surface area contributed by atoms with E-state index in [1.807, 2.05) is 26.0 Å². The number of carbonyl (C=O) groups is 2. The summed E-state index contributed by atoms with van der Waals surface area (Å²) in [4.78, 5) is 54.0. The van der Waals surface area contributed by atoms with Crippen molar-refractivity contribution in [2.24, 2.45) is 5.10 Å². The van der Waals surface area contributed by atoms with Crippen molar-refractivity contribution in [2.75, 3.05) is 0 Å². The van der Waals surface area contributed by atoms with Crippen molar-refractivity contribution in [3.05, 3.63) is 101 Å². The lowest BCUT2D eigenvalue weighted by Gasteiger charge is -2.23. The quantitative estimate of drug-likeness (QED) is 0.294. The number of carbonyl (C=O) groups excluding carboxylic acids is 2. The zero-order chi connectivity index (χ0) is 26.2. The molecule has 9 nitrogen and oxygen atoms in total. The molecule has 1 aliphatic carbocycles. The van der Waals surface area contributed by atoms with Crippen molar-refractivity contribution in [1.29, 1.82) is 0 Å². The summed E-state index contributed by atoms with van der Waals surface area (Å²) in [5.74, 6) is -1.95. The van der Waals surface area contributed by atoms with Gasteiger partial charge in [-0.3, -0.25) is 19.4 Å². The van der Waals surface area contributed by atoms with Gasteiger partial charge in [-0.05, 0) is 94.5 Å². The van der Waals surface area contributed by atoms with Crippen LogP contribution >= 0.6 is 15.9 Å². The third-order valence-electron chi connectivity index (χ3n) is 7.07. The summed E-state index contributed by atoms with van der Waals surface area (Å²) in [7, 11) is 0. The van der Waals surface area contributed by atoms with Crippen molar-refractivity contribution < 1.29 is 14.7 Å². The van der Waals surface area contributed by atoms with E-state index in [9.17, 15) is 24.3 Å². The second kappa shape index (κ2) is 8.10. The lowest BCUT2D eigenvalue weighted by Crippen LogP contribution is -2.37. The van der Waals surface area contributed by atoms with Crippen LogP contribution in [-0.4, -0.2) is 37.7 Å². The van der Waals surface area contributed by atoms with E-state index in [1.165, 1.54) is 0 Å². The van der Waals surface area contributed by atoms with E-state index in [0.717, 1.165) is 51.3 Å². The second-order valence-corrected chi connectivity index (χ2v) is 10.0. The number of rotatable bonds is 3. The van der Waals surface area contributed by atoms with Crippen LogP contribution in [0.15, 0.2) is 55.6 Å². The van der Waals surface area contributed by atoms with Gasteiger partial charge < -0.3 is 5.11 Å². The highest BCUT2D eigenvalue weighted by Gasteiger charge is 2.35. The Labute approximate surface area is 217 Å². The van der Waals surface area contributed by atoms with Gasteiger partial charge in [0.05, 0.1) is 23.0 Å². The van der Waals surface area contributed by atoms with Crippen LogP contribution in [-0.2, 0) is 12.8 Å². The van der Waals surface area contributed by atoms with Crippen LogP contribution < -0.4 is 11.2 Å². The molecule has 1 aliphatic heterocycles. The van der Waals surface area contributed by atoms with Crippen LogP contribution in [0.1, 0.15) is 48.5 Å². The third-order valence-corrected chi connectivity index (χ3v) is 7.70. The first kappa shape index (κ1) is 23.1. The van der Waals surface area contributed by atoms with Gasteiger partial charge in [0, 0.05) is 9.86 Å². The largest absolute Gasteiger partial charge is 0.493 e. The van der Waals surface area contributed by atoms with Crippen molar-refractivity contribution in [3.63, 3.8) is 0 Å². The predicted molar refractivity (Wildman–Crippen MR) is 141 cm³/mol. The lowest BCUT2D eigenvalue weighted by atomic mass is 9.92. The van der Waals surface area contributed by atoms with Gasteiger partial charge in [0.1, 0.15) is 5.56 Å². The van der Waals surface area contributed by atoms with Gasteiger partial charge in [-0.15, -0.1) is 0 Å². The number of hydrogen-bond donors (Lipinski definition) is 2. The van der Waals surface area contributed by atoms with Crippen LogP contribution in [0.2, 0.25) is 0 Å². The Morgan fingerprint density at radius 2 is 1.51 bits per heavy atom. The van der Waals surface area contributed by atoms with Crippen LogP contribution in [0.4, 0.5) is 0 Å². The fraction of sp³-hybridized carbons (Fsp3) is 0.148. The molecular weight excluding hydrogens is 540 g/mol. The van der Waals surface area contributed by atoms with E-state index in [1.54, 1.807) is 24.3 Å². The lowest BCUT2D eigenvalue weighted by molar-refractivity contribution is 0.0616. The minimum absolute atomic E-state index is 0.305. The molecule has 0 saturated heterocycles. The molecule has 37 heavy (non-hydrogen) atoms. The van der Waals surface area contributed by atoms with Gasteiger partial charge in [-0.1, -0.05) is 12.1 Å². The van der Waals surface area contributed by atoms with Gasteiger partial charge in [0.15, 0.2) is 0 Å². The normalized spacial score (nSPS) is 14.4. The number of aromatic hydroxyl groups is 1. The Hall–Kier alpha value is -4.31. The molecule has 2 N–H and O–H groups in total. The first-order valence-corrected chi connectivity index (χ1v) is 12.3. The summed E-state index contributed by atoms with van der Waals surface area (Å²) < 4.78 is 1.44. The molecule has 0 unspecified atom stereocenters. The molecule has 0 atom stereocenters. The summed E-state index contributed by atoms with van der Waals surface area (Å²) >= 11 is 3.40. The zero-order valence-electron chi connectivity index (χ0n) is 19.8. The summed E-state index contributed by atoms with van der Waals surface area (Å²) in [6, 6.07) is 10.6. The van der Waals surface area contributed by atoms with Crippen molar-refractivity contribution in [1.82, 2.24) is 14.6 Å². The van der Waals surface area contributed by atoms with E-state index in [-0.39, 0.29) is 5.56 Å². The van der Waals surface area contributed by atoms with Crippen LogP contribution in [0.3, 0.4) is 0 Å². The number of imide groups is 1. The fourth-order valence-corrected chi connectivity index (χ4v) is 5.68. The molecule has 3 aromatic carbocycles. The molecular formula is C27H19BrN4O5. The summed E-state index contributed by atoms with van der Waals surface area (Å²) in [5, 5.41) is 17.2. The monoisotopic (exact) mass is 558 g/mol. The number of benzene rings is 3. The van der Waals surface area contributed by atoms with Gasteiger partial charge in [0.2, 0.25) is 5.88 Å². The molecule has 10 heteroatoms. The highest BCUT2D eigenvalue weighted by molar-refractivity contribution is 9.10. The summed E-state index contributed by atoms with van der Waals surface area (Å²) in [6.07, 6.45) is 2.63. The molecule has 0 fully saturated rings. The van der Waals surface area contributed by atoms with E-state index in [0.29, 0.717) is 31.7 Å². The van der Waals surface area contributed by atoms with Crippen LogP contribution in [0.5, 0.6) is 5.88 Å². The first-order chi connectivity index (χ1) is 17.7. The average Bonchev–Trinajstić information content (AvgIpc) is 3.28. The topological polar surface area (TPSA) is 125 Å². The molecule has 0 bridgehead atoms. The number of halogens is 1. The molecule has 0 saturated carbocycles. The van der Waals surface area contributed by atoms with Crippen molar-refractivity contribution >= 4 is 44.7 Å². The summed E-state index contributed by atoms with van der Waals surface area (Å²) in [6.45, 7) is 3.75. The molecule has 2 heterocycles. The molecule has 6 rings (SSSR count). The first-order valence-electron chi connectivity index (χ1n) is 11.5. The molecule has 184 valence electrons. The average molecular weight is 559 g/mol. The number of nitrogens with one attached hydrogen (secondary N) is 1. The van der Waals surface area contributed by atoms with E-state index in [4.69, 9.17) is 0 Å². The number of aromatic nitrogens is 2. The number of amides is 2. The Morgan fingerprint density at radius 1 is 0.919 bits per heavy atom. The Kier molecular flexibility index (Phi) is 5.06. The molecule has 0 radical (unpaired) electrons. The van der Waals surface area contributed by atoms with Gasteiger partial charge in [-0.25, -0.2) is 9.36 Å². The van der Waals surface area contributed by atoms with Gasteiger partial charge in [-0.2, -0.15) is 10.1 Å². The Morgan fingerprint density at radius 3 is 2.14 bits per heavy atom. The maximum Gasteiger partial charge on any atom is 0.335 e. The molecule has 4 aromatic rings. The molecule has 0 spiro atoms. The SMILES string of the molecule is Cc1cc(Br)c(-n2c(O)c(C=NN3C(=O)c4ccc5c6c(ccc(c46)C3=O)CC5)c(=O)[nH]c2=O)cc1C. The van der Waals surface area contributed by atoms with Crippen LogP contribution in [0, 0.1) is 13.8 Å². The Balaban J connectivity index is 1.46. The number of aromatic amines is 1. The van der Waals surface area contributed by atoms with Crippen molar-refractivity contribution in [2.45, 2.75) is 26.7 Å². The minimum Gasteiger partial charge on any atom is -0.493 e. The van der Waals surface area contributed by atoms with E-state index in [2.05, 4.69) is 26.0 Å². The standard InChI is InChI=1S/C27H19BrN4O5/c1-12-9-19(28)20(10-13(12)2)31-24(34)18(23(33)30-27(31)37)11-29-32-25(35)16-7-5-14-3-4-15-6-8-17(26(32)36)22(16)21(14)15/h5-11,34H,3-4H2,1-2H3,(H,30,33,37). The predicted octanol–water partition coefficient (Wildman–Crippen LogP) is 3.49. The zero-order valence-corrected chi connectivity index (χ0v) is 21.3. The number of hydrogen-bond acceptors (Lipinski definition) is 6. The second-order valence-electron chi connectivity index (χ2n) is 9.18. The van der Waals surface area contributed by atoms with Gasteiger partial charge >= 0.3 is 5.69 Å².